The van der Waals surface area contributed by atoms with Crippen molar-refractivity contribution in [2.45, 2.75) is 51.6 Å². The number of hydrogen-bond donors (Lipinski definition) is 2. The molecule has 0 bridgehead atoms. The summed E-state index contributed by atoms with van der Waals surface area (Å²) in [5.74, 6) is 0.737. The van der Waals surface area contributed by atoms with Gasteiger partial charge < -0.3 is 20.1 Å². The van der Waals surface area contributed by atoms with Crippen molar-refractivity contribution in [2.24, 2.45) is 5.92 Å². The van der Waals surface area contributed by atoms with Crippen molar-refractivity contribution in [2.75, 3.05) is 13.2 Å². The topological polar surface area (TPSA) is 78.9 Å². The average molecular weight is 425 g/mol. The zero-order valence-corrected chi connectivity index (χ0v) is 18.5. The molecule has 6 heteroatoms. The van der Waals surface area contributed by atoms with Gasteiger partial charge in [0, 0.05) is 6.54 Å². The van der Waals surface area contributed by atoms with Gasteiger partial charge >= 0.3 is 6.09 Å². The zero-order valence-electron chi connectivity index (χ0n) is 18.5. The molecule has 1 saturated heterocycles. The fourth-order valence-corrected chi connectivity index (χ4v) is 3.98. The maximum absolute atomic E-state index is 13.1. The molecule has 3 rings (SSSR count). The molecule has 0 saturated carbocycles. The zero-order chi connectivity index (χ0) is 22.4. The Bertz CT molecular complexity index is 867. The molecule has 2 aromatic rings. The van der Waals surface area contributed by atoms with Crippen LogP contribution in [0, 0.1) is 5.92 Å². The van der Waals surface area contributed by atoms with Crippen LogP contribution in [0.1, 0.15) is 56.7 Å². The summed E-state index contributed by atoms with van der Waals surface area (Å²) >= 11 is 0. The first-order chi connectivity index (χ1) is 14.9. The van der Waals surface area contributed by atoms with Crippen molar-refractivity contribution in [3.63, 3.8) is 0 Å². The Kier molecular flexibility index (Phi) is 7.55. The van der Waals surface area contributed by atoms with E-state index in [-0.39, 0.29) is 17.9 Å². The van der Waals surface area contributed by atoms with E-state index in [1.54, 1.807) is 0 Å². The number of likely N-dealkylation sites (tertiary alicyclic amines) is 1. The molecule has 1 aliphatic heterocycles. The van der Waals surface area contributed by atoms with Crippen molar-refractivity contribution in [1.82, 2.24) is 10.2 Å². The van der Waals surface area contributed by atoms with Crippen LogP contribution in [0.2, 0.25) is 0 Å². The van der Waals surface area contributed by atoms with Gasteiger partial charge in [-0.25, -0.2) is 4.79 Å². The Morgan fingerprint density at radius 2 is 1.74 bits per heavy atom. The van der Waals surface area contributed by atoms with Crippen molar-refractivity contribution < 1.29 is 19.4 Å². The largest absolute Gasteiger partial charge is 0.493 e. The molecule has 1 aliphatic rings. The van der Waals surface area contributed by atoms with Gasteiger partial charge in [-0.15, -0.1) is 0 Å². The van der Waals surface area contributed by atoms with Gasteiger partial charge in [-0.2, -0.15) is 0 Å². The van der Waals surface area contributed by atoms with E-state index in [1.807, 2.05) is 61.5 Å². The second kappa shape index (κ2) is 10.3. The maximum atomic E-state index is 13.1. The van der Waals surface area contributed by atoms with E-state index in [2.05, 4.69) is 19.2 Å². The minimum atomic E-state index is -0.949. The quantitative estimate of drug-likeness (QED) is 0.636. The number of hydrogen-bond acceptors (Lipinski definition) is 3. The van der Waals surface area contributed by atoms with Crippen LogP contribution < -0.4 is 10.1 Å². The number of benzene rings is 2. The Hall–Kier alpha value is -3.02. The second-order valence-electron chi connectivity index (χ2n) is 8.58. The van der Waals surface area contributed by atoms with Crippen LogP contribution in [0.25, 0.3) is 0 Å². The van der Waals surface area contributed by atoms with Crippen LogP contribution in [0.3, 0.4) is 0 Å². The number of rotatable bonds is 8. The van der Waals surface area contributed by atoms with Crippen LogP contribution >= 0.6 is 0 Å². The molecule has 0 aliphatic carbocycles. The summed E-state index contributed by atoms with van der Waals surface area (Å²) in [5.41, 5.74) is 1.81. The van der Waals surface area contributed by atoms with E-state index >= 15 is 0 Å². The van der Waals surface area contributed by atoms with Crippen molar-refractivity contribution in [3.05, 3.63) is 65.7 Å². The van der Waals surface area contributed by atoms with Crippen molar-refractivity contribution >= 4 is 12.0 Å². The highest BCUT2D eigenvalue weighted by molar-refractivity contribution is 5.83. The lowest BCUT2D eigenvalue weighted by Gasteiger charge is -2.32. The Morgan fingerprint density at radius 1 is 1.06 bits per heavy atom. The SMILES string of the molecule is CC(C)COc1ccc(C(NC(=O)[C@@H](C)c2ccccc2)C2CCCN2C(=O)O)cc1. The lowest BCUT2D eigenvalue weighted by molar-refractivity contribution is -0.123. The molecular weight excluding hydrogens is 392 g/mol. The van der Waals surface area contributed by atoms with E-state index in [0.29, 0.717) is 25.5 Å². The molecular formula is C25H32N2O4. The highest BCUT2D eigenvalue weighted by Crippen LogP contribution is 2.31. The van der Waals surface area contributed by atoms with Gasteiger partial charge in [-0.05, 0) is 48.9 Å². The minimum absolute atomic E-state index is 0.117. The normalized spacial score (nSPS) is 17.9. The minimum Gasteiger partial charge on any atom is -0.493 e. The summed E-state index contributed by atoms with van der Waals surface area (Å²) < 4.78 is 5.77. The molecule has 1 heterocycles. The van der Waals surface area contributed by atoms with Gasteiger partial charge in [0.25, 0.3) is 0 Å². The molecule has 2 amide bonds. The van der Waals surface area contributed by atoms with Crippen LogP contribution in [0.5, 0.6) is 5.75 Å². The van der Waals surface area contributed by atoms with E-state index in [9.17, 15) is 14.7 Å². The highest BCUT2D eigenvalue weighted by Gasteiger charge is 2.37. The van der Waals surface area contributed by atoms with E-state index in [0.717, 1.165) is 23.3 Å². The molecule has 2 unspecified atom stereocenters. The molecule has 3 atom stereocenters. The maximum Gasteiger partial charge on any atom is 0.407 e. The Labute approximate surface area is 184 Å². The fourth-order valence-electron chi connectivity index (χ4n) is 3.98. The Balaban J connectivity index is 1.83. The predicted octanol–water partition coefficient (Wildman–Crippen LogP) is 4.82. The predicted molar refractivity (Wildman–Crippen MR) is 120 cm³/mol. The number of carbonyl (C=O) groups is 2. The first-order valence-corrected chi connectivity index (χ1v) is 10.9. The number of carboxylic acid groups (broad SMARTS) is 1. The summed E-state index contributed by atoms with van der Waals surface area (Å²) in [6, 6.07) is 16.5. The third kappa shape index (κ3) is 5.78. The Morgan fingerprint density at radius 3 is 2.35 bits per heavy atom. The first-order valence-electron chi connectivity index (χ1n) is 10.9. The summed E-state index contributed by atoms with van der Waals surface area (Å²) in [4.78, 5) is 26.3. The van der Waals surface area contributed by atoms with Gasteiger partial charge in [0.2, 0.25) is 5.91 Å². The average Bonchev–Trinajstić information content (AvgIpc) is 3.26. The van der Waals surface area contributed by atoms with Gasteiger partial charge in [0.15, 0.2) is 0 Å². The highest BCUT2D eigenvalue weighted by atomic mass is 16.5. The van der Waals surface area contributed by atoms with E-state index in [1.165, 1.54) is 4.90 Å². The molecule has 0 spiro atoms. The van der Waals surface area contributed by atoms with Crippen LogP contribution in [0.15, 0.2) is 54.6 Å². The number of nitrogens with zero attached hydrogens (tertiary/aromatic N) is 1. The van der Waals surface area contributed by atoms with Crippen LogP contribution in [0.4, 0.5) is 4.79 Å². The molecule has 0 radical (unpaired) electrons. The van der Waals surface area contributed by atoms with Crippen LogP contribution in [-0.2, 0) is 4.79 Å². The lowest BCUT2D eigenvalue weighted by Crippen LogP contribution is -2.46. The standard InChI is InChI=1S/C25H32N2O4/c1-17(2)16-31-21-13-11-20(12-14-21)23(22-10-7-15-27(22)25(29)30)26-24(28)18(3)19-8-5-4-6-9-19/h4-6,8-9,11-14,17-18,22-23H,7,10,15-16H2,1-3H3,(H,26,28)(H,29,30)/t18-,22?,23?/m0/s1. The van der Waals surface area contributed by atoms with Gasteiger partial charge in [0.05, 0.1) is 24.6 Å². The van der Waals surface area contributed by atoms with Crippen molar-refractivity contribution in [1.29, 1.82) is 0 Å². The van der Waals surface area contributed by atoms with Crippen LogP contribution in [-0.4, -0.2) is 41.2 Å². The summed E-state index contributed by atoms with van der Waals surface area (Å²) in [6.07, 6.45) is 0.546. The number of ether oxygens (including phenoxy) is 1. The second-order valence-corrected chi connectivity index (χ2v) is 8.58. The first kappa shape index (κ1) is 22.7. The number of nitrogens with one attached hydrogen (secondary N) is 1. The van der Waals surface area contributed by atoms with E-state index in [4.69, 9.17) is 4.74 Å². The van der Waals surface area contributed by atoms with Gasteiger partial charge in [0.1, 0.15) is 5.75 Å². The lowest BCUT2D eigenvalue weighted by atomic mass is 9.94. The molecule has 2 N–H and O–H groups in total. The number of carbonyl (C=O) groups excluding carboxylic acids is 1. The van der Waals surface area contributed by atoms with Gasteiger partial charge in [-0.3, -0.25) is 4.79 Å². The van der Waals surface area contributed by atoms with E-state index < -0.39 is 12.1 Å². The fraction of sp³-hybridized carbons (Fsp3) is 0.440. The third-order valence-corrected chi connectivity index (χ3v) is 5.74. The molecule has 1 fully saturated rings. The van der Waals surface area contributed by atoms with Gasteiger partial charge in [-0.1, -0.05) is 56.3 Å². The summed E-state index contributed by atoms with van der Waals surface area (Å²) in [7, 11) is 0. The molecule has 2 aromatic carbocycles. The molecule has 6 nitrogen and oxygen atoms in total. The monoisotopic (exact) mass is 424 g/mol. The third-order valence-electron chi connectivity index (χ3n) is 5.74. The number of amides is 2. The molecule has 31 heavy (non-hydrogen) atoms. The summed E-state index contributed by atoms with van der Waals surface area (Å²) in [5, 5.41) is 12.8. The molecule has 0 aromatic heterocycles. The van der Waals surface area contributed by atoms with Crippen molar-refractivity contribution in [3.8, 4) is 5.75 Å². The smallest absolute Gasteiger partial charge is 0.407 e. The molecule has 166 valence electrons. The summed E-state index contributed by atoms with van der Waals surface area (Å²) in [6.45, 7) is 7.16.